The van der Waals surface area contributed by atoms with Crippen LogP contribution in [0.15, 0.2) is 0 Å². The van der Waals surface area contributed by atoms with E-state index in [0.717, 1.165) is 25.7 Å². The third kappa shape index (κ3) is 4.36. The zero-order valence-corrected chi connectivity index (χ0v) is 11.2. The van der Waals surface area contributed by atoms with Crippen LogP contribution < -0.4 is 5.32 Å². The molecule has 0 aromatic carbocycles. The van der Waals surface area contributed by atoms with E-state index in [2.05, 4.69) is 19.2 Å². The Hall–Kier alpha value is -1.06. The van der Waals surface area contributed by atoms with E-state index in [0.29, 0.717) is 12.5 Å². The van der Waals surface area contributed by atoms with Crippen LogP contribution >= 0.6 is 0 Å². The molecule has 1 aliphatic rings. The van der Waals surface area contributed by atoms with Gasteiger partial charge in [-0.25, -0.2) is 0 Å². The summed E-state index contributed by atoms with van der Waals surface area (Å²) in [4.78, 5) is 25.3. The molecule has 0 bridgehead atoms. The molecular formula is C13H24N2O2. The van der Waals surface area contributed by atoms with E-state index >= 15 is 0 Å². The number of nitrogens with zero attached hydrogens (tertiary/aromatic N) is 1. The van der Waals surface area contributed by atoms with Crippen molar-refractivity contribution < 1.29 is 9.59 Å². The van der Waals surface area contributed by atoms with E-state index in [1.807, 2.05) is 6.92 Å². The highest BCUT2D eigenvalue weighted by molar-refractivity contribution is 5.94. The first-order chi connectivity index (χ1) is 8.04. The number of hydrogen-bond donors (Lipinski definition) is 1. The molecule has 98 valence electrons. The van der Waals surface area contributed by atoms with Gasteiger partial charge in [0, 0.05) is 6.54 Å². The Bertz CT molecular complexity index is 277. The molecule has 1 saturated heterocycles. The lowest BCUT2D eigenvalue weighted by Gasteiger charge is -2.32. The first-order valence-corrected chi connectivity index (χ1v) is 6.62. The van der Waals surface area contributed by atoms with Crippen molar-refractivity contribution in [2.75, 3.05) is 13.1 Å². The second-order valence-electron chi connectivity index (χ2n) is 5.20. The molecule has 0 aliphatic carbocycles. The molecule has 0 spiro atoms. The summed E-state index contributed by atoms with van der Waals surface area (Å²) in [6.07, 6.45) is 3.74. The lowest BCUT2D eigenvalue weighted by molar-refractivity contribution is -0.144. The molecule has 0 aromatic heterocycles. The van der Waals surface area contributed by atoms with Crippen LogP contribution in [0.4, 0.5) is 0 Å². The number of carbonyl (C=O) groups is 2. The standard InChI is InChI=1S/C13H24N2O2/c1-4-6-11-13(17)15(9-12(16)14-11)8-5-7-10(2)3/h10-11H,4-9H2,1-3H3,(H,14,16). The number of nitrogens with one attached hydrogen (secondary N) is 1. The fraction of sp³-hybridized carbons (Fsp3) is 0.846. The monoisotopic (exact) mass is 240 g/mol. The summed E-state index contributed by atoms with van der Waals surface area (Å²) in [5.74, 6) is 0.720. The van der Waals surface area contributed by atoms with Gasteiger partial charge < -0.3 is 10.2 Å². The van der Waals surface area contributed by atoms with Crippen molar-refractivity contribution >= 4 is 11.8 Å². The Morgan fingerprint density at radius 1 is 1.41 bits per heavy atom. The predicted molar refractivity (Wildman–Crippen MR) is 67.5 cm³/mol. The molecule has 4 nitrogen and oxygen atoms in total. The summed E-state index contributed by atoms with van der Waals surface area (Å²) in [7, 11) is 0. The van der Waals surface area contributed by atoms with E-state index in [-0.39, 0.29) is 24.4 Å². The summed E-state index contributed by atoms with van der Waals surface area (Å²) in [5, 5.41) is 2.77. The van der Waals surface area contributed by atoms with Crippen molar-refractivity contribution in [3.8, 4) is 0 Å². The third-order valence-corrected chi connectivity index (χ3v) is 3.07. The molecule has 1 rings (SSSR count). The number of amides is 2. The van der Waals surface area contributed by atoms with Crippen LogP contribution in [0.5, 0.6) is 0 Å². The van der Waals surface area contributed by atoms with Gasteiger partial charge in [0.05, 0.1) is 6.54 Å². The average molecular weight is 240 g/mol. The highest BCUT2D eigenvalue weighted by Crippen LogP contribution is 2.10. The zero-order chi connectivity index (χ0) is 12.8. The van der Waals surface area contributed by atoms with Crippen molar-refractivity contribution in [2.45, 2.75) is 52.5 Å². The summed E-state index contributed by atoms with van der Waals surface area (Å²) >= 11 is 0. The van der Waals surface area contributed by atoms with Gasteiger partial charge >= 0.3 is 0 Å². The highest BCUT2D eigenvalue weighted by Gasteiger charge is 2.31. The maximum absolute atomic E-state index is 12.0. The summed E-state index contributed by atoms with van der Waals surface area (Å²) in [5.41, 5.74) is 0. The number of carbonyl (C=O) groups excluding carboxylic acids is 2. The van der Waals surface area contributed by atoms with Gasteiger partial charge in [-0.05, 0) is 25.2 Å². The first-order valence-electron chi connectivity index (χ1n) is 6.62. The minimum absolute atomic E-state index is 0.0207. The normalized spacial score (nSPS) is 20.9. The highest BCUT2D eigenvalue weighted by atomic mass is 16.2. The molecule has 1 atom stereocenters. The van der Waals surface area contributed by atoms with Gasteiger partial charge in [-0.3, -0.25) is 9.59 Å². The Labute approximate surface area is 104 Å². The topological polar surface area (TPSA) is 49.4 Å². The fourth-order valence-corrected chi connectivity index (χ4v) is 2.14. The molecule has 2 amide bonds. The summed E-state index contributed by atoms with van der Waals surface area (Å²) < 4.78 is 0. The van der Waals surface area contributed by atoms with Crippen molar-refractivity contribution in [1.29, 1.82) is 0 Å². The molecule has 1 fully saturated rings. The lowest BCUT2D eigenvalue weighted by Crippen LogP contribution is -2.58. The molecule has 4 heteroatoms. The minimum atomic E-state index is -0.291. The summed E-state index contributed by atoms with van der Waals surface area (Å²) in [6.45, 7) is 7.31. The van der Waals surface area contributed by atoms with Crippen LogP contribution in [0.3, 0.4) is 0 Å². The Morgan fingerprint density at radius 3 is 2.71 bits per heavy atom. The lowest BCUT2D eigenvalue weighted by atomic mass is 10.1. The number of piperazine rings is 1. The van der Waals surface area contributed by atoms with Gasteiger partial charge in [0.25, 0.3) is 0 Å². The maximum Gasteiger partial charge on any atom is 0.245 e. The second kappa shape index (κ2) is 6.62. The van der Waals surface area contributed by atoms with E-state index in [4.69, 9.17) is 0 Å². The number of hydrogen-bond acceptors (Lipinski definition) is 2. The van der Waals surface area contributed by atoms with E-state index in [9.17, 15) is 9.59 Å². The van der Waals surface area contributed by atoms with Crippen molar-refractivity contribution in [3.63, 3.8) is 0 Å². The smallest absolute Gasteiger partial charge is 0.245 e. The maximum atomic E-state index is 12.0. The van der Waals surface area contributed by atoms with Crippen LogP contribution in [0, 0.1) is 5.92 Å². The molecule has 1 unspecified atom stereocenters. The van der Waals surface area contributed by atoms with Gasteiger partial charge in [-0.15, -0.1) is 0 Å². The fourth-order valence-electron chi connectivity index (χ4n) is 2.14. The van der Waals surface area contributed by atoms with Crippen LogP contribution in [-0.2, 0) is 9.59 Å². The van der Waals surface area contributed by atoms with Crippen molar-refractivity contribution in [2.24, 2.45) is 5.92 Å². The van der Waals surface area contributed by atoms with Crippen molar-refractivity contribution in [1.82, 2.24) is 10.2 Å². The van der Waals surface area contributed by atoms with Gasteiger partial charge in [0.2, 0.25) is 11.8 Å². The summed E-state index contributed by atoms with van der Waals surface area (Å²) in [6, 6.07) is -0.291. The minimum Gasteiger partial charge on any atom is -0.343 e. The van der Waals surface area contributed by atoms with E-state index in [1.54, 1.807) is 4.90 Å². The average Bonchev–Trinajstić information content (AvgIpc) is 2.24. The second-order valence-corrected chi connectivity index (χ2v) is 5.20. The van der Waals surface area contributed by atoms with Gasteiger partial charge in [0.1, 0.15) is 6.04 Å². The van der Waals surface area contributed by atoms with Crippen LogP contribution in [0.2, 0.25) is 0 Å². The molecule has 0 saturated carbocycles. The first kappa shape index (κ1) is 14.0. The number of rotatable bonds is 6. The molecule has 17 heavy (non-hydrogen) atoms. The van der Waals surface area contributed by atoms with Crippen LogP contribution in [0.25, 0.3) is 0 Å². The van der Waals surface area contributed by atoms with E-state index in [1.165, 1.54) is 0 Å². The van der Waals surface area contributed by atoms with Gasteiger partial charge in [-0.1, -0.05) is 27.2 Å². The van der Waals surface area contributed by atoms with Gasteiger partial charge in [-0.2, -0.15) is 0 Å². The largest absolute Gasteiger partial charge is 0.343 e. The predicted octanol–water partition coefficient (Wildman–Crippen LogP) is 1.55. The molecule has 0 radical (unpaired) electrons. The zero-order valence-electron chi connectivity index (χ0n) is 11.2. The Kier molecular flexibility index (Phi) is 5.45. The quantitative estimate of drug-likeness (QED) is 0.766. The molecule has 0 aromatic rings. The molecule has 1 heterocycles. The van der Waals surface area contributed by atoms with Crippen LogP contribution in [-0.4, -0.2) is 35.8 Å². The Morgan fingerprint density at radius 2 is 2.12 bits per heavy atom. The molecular weight excluding hydrogens is 216 g/mol. The SMILES string of the molecule is CCCC1NC(=O)CN(CCCC(C)C)C1=O. The third-order valence-electron chi connectivity index (χ3n) is 3.07. The molecule has 1 aliphatic heterocycles. The van der Waals surface area contributed by atoms with E-state index < -0.39 is 0 Å². The molecule has 1 N–H and O–H groups in total. The van der Waals surface area contributed by atoms with Gasteiger partial charge in [0.15, 0.2) is 0 Å². The van der Waals surface area contributed by atoms with Crippen LogP contribution in [0.1, 0.15) is 46.5 Å². The Balaban J connectivity index is 2.46. The van der Waals surface area contributed by atoms with Crippen molar-refractivity contribution in [3.05, 3.63) is 0 Å².